The standard InChI is InChI=1S/C17H16O6/c1-2-15(22-16(20)11-3-7-13(18)8-4-11)23-17(21)12-5-9-14(19)10-6-12/h3-10,15,18-19H,2H2,1H3. The number of rotatable bonds is 5. The number of hydrogen-bond donors (Lipinski definition) is 2. The summed E-state index contributed by atoms with van der Waals surface area (Å²) in [6.07, 6.45) is -0.745. The summed E-state index contributed by atoms with van der Waals surface area (Å²) in [6, 6.07) is 11.1. The molecular weight excluding hydrogens is 300 g/mol. The number of carbonyl (C=O) groups excluding carboxylic acids is 2. The molecule has 0 bridgehead atoms. The molecule has 0 aromatic heterocycles. The Morgan fingerprint density at radius 2 is 1.17 bits per heavy atom. The van der Waals surface area contributed by atoms with Gasteiger partial charge in [0.1, 0.15) is 11.5 Å². The van der Waals surface area contributed by atoms with Crippen molar-refractivity contribution in [2.75, 3.05) is 0 Å². The van der Waals surface area contributed by atoms with Crippen LogP contribution in [-0.4, -0.2) is 28.4 Å². The molecule has 6 heteroatoms. The lowest BCUT2D eigenvalue weighted by molar-refractivity contribution is -0.0806. The number of esters is 2. The normalized spacial score (nSPS) is 10.3. The molecule has 0 aliphatic heterocycles. The average molecular weight is 316 g/mol. The zero-order valence-electron chi connectivity index (χ0n) is 12.4. The SMILES string of the molecule is CCC(OC(=O)c1ccc(O)cc1)OC(=O)c1ccc(O)cc1. The van der Waals surface area contributed by atoms with Crippen LogP contribution >= 0.6 is 0 Å². The van der Waals surface area contributed by atoms with Crippen molar-refractivity contribution < 1.29 is 29.3 Å². The Bertz CT molecular complexity index is 616. The summed E-state index contributed by atoms with van der Waals surface area (Å²) < 4.78 is 10.3. The fourth-order valence-electron chi connectivity index (χ4n) is 1.76. The maximum atomic E-state index is 12.0. The molecule has 2 aromatic rings. The second-order valence-electron chi connectivity index (χ2n) is 4.74. The van der Waals surface area contributed by atoms with Crippen LogP contribution in [-0.2, 0) is 9.47 Å². The molecule has 0 aliphatic carbocycles. The lowest BCUT2D eigenvalue weighted by Crippen LogP contribution is -2.24. The van der Waals surface area contributed by atoms with Crippen molar-refractivity contribution in [3.8, 4) is 11.5 Å². The summed E-state index contributed by atoms with van der Waals surface area (Å²) in [4.78, 5) is 23.9. The highest BCUT2D eigenvalue weighted by Gasteiger charge is 2.19. The van der Waals surface area contributed by atoms with E-state index in [1.807, 2.05) is 0 Å². The van der Waals surface area contributed by atoms with Gasteiger partial charge in [-0.1, -0.05) is 6.92 Å². The van der Waals surface area contributed by atoms with Gasteiger partial charge in [-0.15, -0.1) is 0 Å². The Kier molecular flexibility index (Phi) is 5.19. The molecule has 2 aromatic carbocycles. The average Bonchev–Trinajstić information content (AvgIpc) is 2.55. The van der Waals surface area contributed by atoms with Gasteiger partial charge < -0.3 is 19.7 Å². The second kappa shape index (κ2) is 7.31. The van der Waals surface area contributed by atoms with E-state index in [-0.39, 0.29) is 29.0 Å². The van der Waals surface area contributed by atoms with Crippen LogP contribution in [0.1, 0.15) is 34.1 Å². The Labute approximate surface area is 132 Å². The van der Waals surface area contributed by atoms with Gasteiger partial charge in [-0.25, -0.2) is 9.59 Å². The Morgan fingerprint density at radius 3 is 1.48 bits per heavy atom. The van der Waals surface area contributed by atoms with E-state index in [0.717, 1.165) is 0 Å². The summed E-state index contributed by atoms with van der Waals surface area (Å²) >= 11 is 0. The van der Waals surface area contributed by atoms with Crippen molar-refractivity contribution in [3.63, 3.8) is 0 Å². The molecule has 0 heterocycles. The molecule has 0 unspecified atom stereocenters. The van der Waals surface area contributed by atoms with Gasteiger partial charge in [-0.3, -0.25) is 0 Å². The zero-order chi connectivity index (χ0) is 16.8. The lowest BCUT2D eigenvalue weighted by atomic mass is 10.2. The maximum absolute atomic E-state index is 12.0. The quantitative estimate of drug-likeness (QED) is 0.651. The minimum Gasteiger partial charge on any atom is -0.508 e. The molecule has 120 valence electrons. The van der Waals surface area contributed by atoms with Gasteiger partial charge in [0.2, 0.25) is 6.29 Å². The molecular formula is C17H16O6. The highest BCUT2D eigenvalue weighted by molar-refractivity contribution is 5.91. The first-order valence-corrected chi connectivity index (χ1v) is 6.99. The second-order valence-corrected chi connectivity index (χ2v) is 4.74. The third kappa shape index (κ3) is 4.47. The maximum Gasteiger partial charge on any atom is 0.341 e. The van der Waals surface area contributed by atoms with E-state index in [9.17, 15) is 19.8 Å². The van der Waals surface area contributed by atoms with Crippen molar-refractivity contribution >= 4 is 11.9 Å². The Balaban J connectivity index is 1.99. The minimum atomic E-state index is -1.03. The van der Waals surface area contributed by atoms with E-state index >= 15 is 0 Å². The molecule has 0 atom stereocenters. The van der Waals surface area contributed by atoms with E-state index in [2.05, 4.69) is 0 Å². The number of benzene rings is 2. The van der Waals surface area contributed by atoms with Crippen LogP contribution in [0.3, 0.4) is 0 Å². The van der Waals surface area contributed by atoms with E-state index in [1.165, 1.54) is 48.5 Å². The summed E-state index contributed by atoms with van der Waals surface area (Å²) in [5.41, 5.74) is 0.476. The largest absolute Gasteiger partial charge is 0.508 e. The topological polar surface area (TPSA) is 93.1 Å². The van der Waals surface area contributed by atoms with Gasteiger partial charge in [0.15, 0.2) is 0 Å². The molecule has 0 aliphatic rings. The number of aromatic hydroxyl groups is 2. The number of hydrogen-bond acceptors (Lipinski definition) is 6. The predicted octanol–water partition coefficient (Wildman–Crippen LogP) is 2.85. The number of phenolic OH excluding ortho intramolecular Hbond substituents is 2. The molecule has 0 fully saturated rings. The van der Waals surface area contributed by atoms with E-state index in [1.54, 1.807) is 6.92 Å². The van der Waals surface area contributed by atoms with Gasteiger partial charge in [-0.05, 0) is 48.5 Å². The first-order valence-electron chi connectivity index (χ1n) is 6.99. The van der Waals surface area contributed by atoms with Gasteiger partial charge in [0, 0.05) is 6.42 Å². The van der Waals surface area contributed by atoms with Crippen LogP contribution in [0.15, 0.2) is 48.5 Å². The lowest BCUT2D eigenvalue weighted by Gasteiger charge is -2.16. The third-order valence-electron chi connectivity index (χ3n) is 3.02. The van der Waals surface area contributed by atoms with Crippen molar-refractivity contribution in [2.45, 2.75) is 19.6 Å². The molecule has 0 saturated carbocycles. The first-order chi connectivity index (χ1) is 11.0. The summed E-state index contributed by atoms with van der Waals surface area (Å²) in [6.45, 7) is 1.71. The fourth-order valence-corrected chi connectivity index (χ4v) is 1.76. The van der Waals surface area contributed by atoms with Crippen molar-refractivity contribution in [1.29, 1.82) is 0 Å². The van der Waals surface area contributed by atoms with Gasteiger partial charge in [0.25, 0.3) is 0 Å². The summed E-state index contributed by atoms with van der Waals surface area (Å²) in [5.74, 6) is -1.24. The van der Waals surface area contributed by atoms with E-state index < -0.39 is 18.2 Å². The number of ether oxygens (including phenoxy) is 2. The van der Waals surface area contributed by atoms with Crippen LogP contribution in [0, 0.1) is 0 Å². The van der Waals surface area contributed by atoms with Gasteiger partial charge in [0.05, 0.1) is 11.1 Å². The fraction of sp³-hybridized carbons (Fsp3) is 0.176. The summed E-state index contributed by atoms with van der Waals surface area (Å²) in [7, 11) is 0. The van der Waals surface area contributed by atoms with Crippen molar-refractivity contribution in [2.24, 2.45) is 0 Å². The molecule has 0 radical (unpaired) electrons. The highest BCUT2D eigenvalue weighted by Crippen LogP contribution is 2.15. The van der Waals surface area contributed by atoms with Crippen molar-refractivity contribution in [1.82, 2.24) is 0 Å². The zero-order valence-corrected chi connectivity index (χ0v) is 12.4. The third-order valence-corrected chi connectivity index (χ3v) is 3.02. The minimum absolute atomic E-state index is 0.0346. The number of phenols is 2. The van der Waals surface area contributed by atoms with Gasteiger partial charge in [-0.2, -0.15) is 0 Å². The molecule has 23 heavy (non-hydrogen) atoms. The van der Waals surface area contributed by atoms with Gasteiger partial charge >= 0.3 is 11.9 Å². The van der Waals surface area contributed by atoms with Crippen LogP contribution < -0.4 is 0 Å². The number of carbonyl (C=O) groups is 2. The van der Waals surface area contributed by atoms with Crippen LogP contribution in [0.25, 0.3) is 0 Å². The van der Waals surface area contributed by atoms with Crippen molar-refractivity contribution in [3.05, 3.63) is 59.7 Å². The summed E-state index contributed by atoms with van der Waals surface area (Å²) in [5, 5.41) is 18.4. The van der Waals surface area contributed by atoms with Crippen LogP contribution in [0.2, 0.25) is 0 Å². The molecule has 0 saturated heterocycles. The molecule has 2 N–H and O–H groups in total. The monoisotopic (exact) mass is 316 g/mol. The molecule has 0 spiro atoms. The predicted molar refractivity (Wildman–Crippen MR) is 81.1 cm³/mol. The molecule has 6 nitrogen and oxygen atoms in total. The van der Waals surface area contributed by atoms with E-state index in [0.29, 0.717) is 0 Å². The molecule has 2 rings (SSSR count). The Hall–Kier alpha value is -3.02. The van der Waals surface area contributed by atoms with Crippen LogP contribution in [0.4, 0.5) is 0 Å². The van der Waals surface area contributed by atoms with Crippen LogP contribution in [0.5, 0.6) is 11.5 Å². The Morgan fingerprint density at radius 1 is 0.826 bits per heavy atom. The first kappa shape index (κ1) is 16.4. The highest BCUT2D eigenvalue weighted by atomic mass is 16.7. The molecule has 0 amide bonds. The smallest absolute Gasteiger partial charge is 0.341 e. The van der Waals surface area contributed by atoms with E-state index in [4.69, 9.17) is 9.47 Å².